The number of amides is 1. The highest BCUT2D eigenvalue weighted by molar-refractivity contribution is 5.70. The molecule has 0 bridgehead atoms. The first-order chi connectivity index (χ1) is 11.1. The summed E-state index contributed by atoms with van der Waals surface area (Å²) in [4.78, 5) is 33.8. The van der Waals surface area contributed by atoms with Gasteiger partial charge in [0, 0.05) is 18.6 Å². The molecule has 0 radical (unpaired) electrons. The van der Waals surface area contributed by atoms with Crippen molar-refractivity contribution < 1.29 is 24.0 Å². The minimum absolute atomic E-state index is 0.0552. The summed E-state index contributed by atoms with van der Waals surface area (Å²) in [5.41, 5.74) is -0.264. The van der Waals surface area contributed by atoms with Gasteiger partial charge in [-0.2, -0.15) is 0 Å². The monoisotopic (exact) mass is 338 g/mol. The number of nitro groups is 1. The van der Waals surface area contributed by atoms with Crippen LogP contribution in [-0.2, 0) is 14.3 Å². The predicted molar refractivity (Wildman–Crippen MR) is 86.5 cm³/mol. The van der Waals surface area contributed by atoms with Gasteiger partial charge in [0.05, 0.1) is 18.1 Å². The summed E-state index contributed by atoms with van der Waals surface area (Å²) in [6.07, 6.45) is -0.379. The van der Waals surface area contributed by atoms with E-state index in [0.29, 0.717) is 5.56 Å². The number of hydrogen-bond acceptors (Lipinski definition) is 6. The Labute approximate surface area is 140 Å². The summed E-state index contributed by atoms with van der Waals surface area (Å²) in [5.74, 6) is -0.434. The van der Waals surface area contributed by atoms with Crippen LogP contribution < -0.4 is 5.32 Å². The molecule has 1 unspecified atom stereocenters. The van der Waals surface area contributed by atoms with Crippen molar-refractivity contribution in [1.29, 1.82) is 0 Å². The van der Waals surface area contributed by atoms with E-state index in [1.165, 1.54) is 25.3 Å². The van der Waals surface area contributed by atoms with Gasteiger partial charge in [0.1, 0.15) is 5.60 Å². The standard InChI is InChI=1S/C16H22N2O6/c1-16(2,3)24-15(20)17-13(8-9-14(19)23-4)11-6-5-7-12(10-11)18(21)22/h5-7,10,13H,8-9H2,1-4H3,(H,17,20). The first-order valence-corrected chi connectivity index (χ1v) is 7.43. The maximum absolute atomic E-state index is 12.0. The number of nitrogens with one attached hydrogen (secondary N) is 1. The lowest BCUT2D eigenvalue weighted by Gasteiger charge is -2.23. The Hall–Kier alpha value is -2.64. The predicted octanol–water partition coefficient (Wildman–Crippen LogP) is 3.11. The number of esters is 1. The minimum atomic E-state index is -0.681. The first-order valence-electron chi connectivity index (χ1n) is 7.43. The van der Waals surface area contributed by atoms with E-state index in [1.807, 2.05) is 0 Å². The Morgan fingerprint density at radius 1 is 1.33 bits per heavy atom. The molecule has 0 spiro atoms. The fourth-order valence-corrected chi connectivity index (χ4v) is 1.99. The van der Waals surface area contributed by atoms with Crippen molar-refractivity contribution in [3.63, 3.8) is 0 Å². The van der Waals surface area contributed by atoms with Crippen molar-refractivity contribution >= 4 is 17.7 Å². The Morgan fingerprint density at radius 3 is 2.54 bits per heavy atom. The molecule has 0 aliphatic heterocycles. The molecule has 1 aromatic carbocycles. The molecule has 1 amide bonds. The van der Waals surface area contributed by atoms with E-state index in [1.54, 1.807) is 26.8 Å². The molecule has 0 heterocycles. The van der Waals surface area contributed by atoms with E-state index in [0.717, 1.165) is 0 Å². The van der Waals surface area contributed by atoms with Crippen LogP contribution in [0.25, 0.3) is 0 Å². The molecular weight excluding hydrogens is 316 g/mol. The summed E-state index contributed by atoms with van der Waals surface area (Å²) in [6.45, 7) is 5.18. The van der Waals surface area contributed by atoms with Crippen LogP contribution in [0.5, 0.6) is 0 Å². The minimum Gasteiger partial charge on any atom is -0.469 e. The van der Waals surface area contributed by atoms with Crippen LogP contribution in [0.15, 0.2) is 24.3 Å². The van der Waals surface area contributed by atoms with Crippen molar-refractivity contribution in [2.24, 2.45) is 0 Å². The second-order valence-corrected chi connectivity index (χ2v) is 6.17. The molecule has 0 saturated heterocycles. The number of ether oxygens (including phenoxy) is 2. The summed E-state index contributed by atoms with van der Waals surface area (Å²) in [7, 11) is 1.27. The van der Waals surface area contributed by atoms with Gasteiger partial charge < -0.3 is 14.8 Å². The van der Waals surface area contributed by atoms with Gasteiger partial charge in [-0.3, -0.25) is 14.9 Å². The molecule has 1 rings (SSSR count). The first kappa shape index (κ1) is 19.4. The Morgan fingerprint density at radius 2 is 2.00 bits per heavy atom. The number of benzene rings is 1. The molecule has 0 aliphatic rings. The van der Waals surface area contributed by atoms with Crippen LogP contribution in [0.3, 0.4) is 0 Å². The molecule has 0 fully saturated rings. The molecule has 0 aromatic heterocycles. The lowest BCUT2D eigenvalue weighted by atomic mass is 10.0. The third-order valence-corrected chi connectivity index (χ3v) is 3.04. The lowest BCUT2D eigenvalue weighted by molar-refractivity contribution is -0.384. The number of non-ortho nitro benzene ring substituents is 1. The molecule has 0 saturated carbocycles. The molecule has 24 heavy (non-hydrogen) atoms. The van der Waals surface area contributed by atoms with Crippen molar-refractivity contribution in [2.75, 3.05) is 7.11 Å². The van der Waals surface area contributed by atoms with E-state index < -0.39 is 28.6 Å². The van der Waals surface area contributed by atoms with Crippen molar-refractivity contribution in [2.45, 2.75) is 45.3 Å². The highest BCUT2D eigenvalue weighted by Crippen LogP contribution is 2.23. The number of carbonyl (C=O) groups is 2. The zero-order chi connectivity index (χ0) is 18.3. The lowest BCUT2D eigenvalue weighted by Crippen LogP contribution is -2.35. The number of alkyl carbamates (subject to hydrolysis) is 1. The molecule has 1 atom stereocenters. The van der Waals surface area contributed by atoms with Gasteiger partial charge in [-0.25, -0.2) is 4.79 Å². The third-order valence-electron chi connectivity index (χ3n) is 3.04. The van der Waals surface area contributed by atoms with Gasteiger partial charge in [0.2, 0.25) is 0 Å². The number of nitrogens with zero attached hydrogens (tertiary/aromatic N) is 1. The van der Waals surface area contributed by atoms with Crippen LogP contribution in [-0.4, -0.2) is 29.7 Å². The third kappa shape index (κ3) is 6.64. The summed E-state index contributed by atoms with van der Waals surface area (Å²) in [6, 6.07) is 5.27. The Bertz CT molecular complexity index is 609. The van der Waals surface area contributed by atoms with Gasteiger partial charge >= 0.3 is 12.1 Å². The van der Waals surface area contributed by atoms with E-state index in [9.17, 15) is 19.7 Å². The number of hydrogen-bond donors (Lipinski definition) is 1. The molecule has 1 N–H and O–H groups in total. The average molecular weight is 338 g/mol. The van der Waals surface area contributed by atoms with Crippen LogP contribution >= 0.6 is 0 Å². The van der Waals surface area contributed by atoms with E-state index >= 15 is 0 Å². The van der Waals surface area contributed by atoms with Crippen molar-refractivity contribution in [3.05, 3.63) is 39.9 Å². The number of carbonyl (C=O) groups excluding carboxylic acids is 2. The maximum atomic E-state index is 12.0. The molecule has 0 aliphatic carbocycles. The zero-order valence-electron chi connectivity index (χ0n) is 14.2. The van der Waals surface area contributed by atoms with Crippen molar-refractivity contribution in [3.8, 4) is 0 Å². The van der Waals surface area contributed by atoms with Gasteiger partial charge in [0.25, 0.3) is 5.69 Å². The molecular formula is C16H22N2O6. The number of methoxy groups -OCH3 is 1. The van der Waals surface area contributed by atoms with E-state index in [-0.39, 0.29) is 18.5 Å². The SMILES string of the molecule is COC(=O)CCC(NC(=O)OC(C)(C)C)c1cccc([N+](=O)[O-])c1. The highest BCUT2D eigenvalue weighted by Gasteiger charge is 2.22. The molecule has 8 nitrogen and oxygen atoms in total. The van der Waals surface area contributed by atoms with Gasteiger partial charge in [-0.05, 0) is 32.8 Å². The number of nitro benzene ring substituents is 1. The van der Waals surface area contributed by atoms with Crippen molar-refractivity contribution in [1.82, 2.24) is 5.32 Å². The molecule has 8 heteroatoms. The summed E-state index contributed by atoms with van der Waals surface area (Å²) >= 11 is 0. The summed E-state index contributed by atoms with van der Waals surface area (Å²) in [5, 5.41) is 13.6. The van der Waals surface area contributed by atoms with Crippen LogP contribution in [0, 0.1) is 10.1 Å². The Kier molecular flexibility index (Phi) is 6.69. The highest BCUT2D eigenvalue weighted by atomic mass is 16.6. The van der Waals surface area contributed by atoms with Gasteiger partial charge in [0.15, 0.2) is 0 Å². The quantitative estimate of drug-likeness (QED) is 0.485. The average Bonchev–Trinajstić information content (AvgIpc) is 2.49. The second-order valence-electron chi connectivity index (χ2n) is 6.17. The topological polar surface area (TPSA) is 108 Å². The van der Waals surface area contributed by atoms with Crippen LogP contribution in [0.1, 0.15) is 45.2 Å². The molecule has 1 aromatic rings. The number of rotatable bonds is 6. The zero-order valence-corrected chi connectivity index (χ0v) is 14.2. The van der Waals surface area contributed by atoms with E-state index in [2.05, 4.69) is 10.1 Å². The van der Waals surface area contributed by atoms with Crippen LogP contribution in [0.2, 0.25) is 0 Å². The maximum Gasteiger partial charge on any atom is 0.408 e. The normalized spacial score (nSPS) is 12.2. The second kappa shape index (κ2) is 8.28. The fourth-order valence-electron chi connectivity index (χ4n) is 1.99. The van der Waals surface area contributed by atoms with E-state index in [4.69, 9.17) is 4.74 Å². The smallest absolute Gasteiger partial charge is 0.408 e. The largest absolute Gasteiger partial charge is 0.469 e. The summed E-state index contributed by atoms with van der Waals surface area (Å²) < 4.78 is 9.79. The molecule has 132 valence electrons. The Balaban J connectivity index is 2.96. The van der Waals surface area contributed by atoms with Gasteiger partial charge in [-0.15, -0.1) is 0 Å². The fraction of sp³-hybridized carbons (Fsp3) is 0.500. The van der Waals surface area contributed by atoms with Gasteiger partial charge in [-0.1, -0.05) is 12.1 Å². The van der Waals surface area contributed by atoms with Crippen LogP contribution in [0.4, 0.5) is 10.5 Å².